The summed E-state index contributed by atoms with van der Waals surface area (Å²) in [5.74, 6) is 0.591. The number of aryl methyl sites for hydroxylation is 1. The van der Waals surface area contributed by atoms with Gasteiger partial charge in [0.2, 0.25) is 0 Å². The molecule has 1 aliphatic heterocycles. The smallest absolute Gasteiger partial charge is 0.306 e. The standard InChI is InChI=1S/C24H27NO6/c1-3-29-24(28)12-10-21(26)18-7-11-22-20(15-18)25(23(27)16-31-22)13-4-14-30-19-8-5-17(2)6-9-19/h5-9,11,15H,3-4,10,12-14,16H2,1-2H3. The number of amides is 1. The lowest BCUT2D eigenvalue weighted by Crippen LogP contribution is -2.40. The molecule has 0 aromatic heterocycles. The highest BCUT2D eigenvalue weighted by Crippen LogP contribution is 2.33. The van der Waals surface area contributed by atoms with Gasteiger partial charge in [0.15, 0.2) is 12.4 Å². The van der Waals surface area contributed by atoms with Crippen molar-refractivity contribution in [1.29, 1.82) is 0 Å². The molecule has 2 aromatic rings. The summed E-state index contributed by atoms with van der Waals surface area (Å²) in [6, 6.07) is 12.8. The highest BCUT2D eigenvalue weighted by atomic mass is 16.5. The van der Waals surface area contributed by atoms with Gasteiger partial charge in [-0.05, 0) is 50.6 Å². The number of rotatable bonds is 10. The predicted octanol–water partition coefficient (Wildman–Crippen LogP) is 3.72. The normalized spacial score (nSPS) is 12.7. The van der Waals surface area contributed by atoms with Gasteiger partial charge in [-0.2, -0.15) is 0 Å². The maximum absolute atomic E-state index is 12.5. The quantitative estimate of drug-likeness (QED) is 0.328. The number of hydrogen-bond acceptors (Lipinski definition) is 6. The first-order valence-electron chi connectivity index (χ1n) is 10.4. The van der Waals surface area contributed by atoms with Crippen LogP contribution in [0.5, 0.6) is 11.5 Å². The van der Waals surface area contributed by atoms with Crippen LogP contribution in [0, 0.1) is 6.92 Å². The third-order valence-electron chi connectivity index (χ3n) is 4.90. The molecule has 1 amide bonds. The molecule has 0 radical (unpaired) electrons. The van der Waals surface area contributed by atoms with Crippen LogP contribution >= 0.6 is 0 Å². The number of Topliss-reactive ketones (excluding diaryl/α,β-unsaturated/α-hetero) is 1. The fourth-order valence-corrected chi connectivity index (χ4v) is 3.26. The predicted molar refractivity (Wildman–Crippen MR) is 116 cm³/mol. The third kappa shape index (κ3) is 6.07. The first kappa shape index (κ1) is 22.3. The average molecular weight is 425 g/mol. The molecule has 164 valence electrons. The number of esters is 1. The molecule has 1 aliphatic rings. The maximum Gasteiger partial charge on any atom is 0.306 e. The van der Waals surface area contributed by atoms with Crippen LogP contribution in [-0.4, -0.2) is 44.0 Å². The van der Waals surface area contributed by atoms with Gasteiger partial charge in [0.25, 0.3) is 5.91 Å². The van der Waals surface area contributed by atoms with Gasteiger partial charge in [-0.25, -0.2) is 0 Å². The van der Waals surface area contributed by atoms with E-state index in [-0.39, 0.29) is 37.7 Å². The van der Waals surface area contributed by atoms with Gasteiger partial charge in [-0.15, -0.1) is 0 Å². The van der Waals surface area contributed by atoms with Crippen molar-refractivity contribution >= 4 is 23.3 Å². The Morgan fingerprint density at radius 2 is 1.87 bits per heavy atom. The number of hydrogen-bond donors (Lipinski definition) is 0. The van der Waals surface area contributed by atoms with Crippen molar-refractivity contribution in [2.24, 2.45) is 0 Å². The molecule has 31 heavy (non-hydrogen) atoms. The summed E-state index contributed by atoms with van der Waals surface area (Å²) in [4.78, 5) is 38.1. The van der Waals surface area contributed by atoms with Crippen LogP contribution in [-0.2, 0) is 14.3 Å². The second kappa shape index (κ2) is 10.6. The van der Waals surface area contributed by atoms with Crippen molar-refractivity contribution in [3.8, 4) is 11.5 Å². The highest BCUT2D eigenvalue weighted by Gasteiger charge is 2.26. The first-order valence-corrected chi connectivity index (χ1v) is 10.4. The van der Waals surface area contributed by atoms with Crippen molar-refractivity contribution in [2.45, 2.75) is 33.1 Å². The number of ether oxygens (including phenoxy) is 3. The summed E-state index contributed by atoms with van der Waals surface area (Å²) in [6.45, 7) is 4.89. The minimum atomic E-state index is -0.400. The van der Waals surface area contributed by atoms with Crippen molar-refractivity contribution in [3.63, 3.8) is 0 Å². The first-order chi connectivity index (χ1) is 15.0. The van der Waals surface area contributed by atoms with E-state index in [1.807, 2.05) is 31.2 Å². The molecule has 0 atom stereocenters. The Morgan fingerprint density at radius 3 is 2.61 bits per heavy atom. The Kier molecular flexibility index (Phi) is 7.65. The molecule has 0 N–H and O–H groups in total. The number of carbonyl (C=O) groups excluding carboxylic acids is 3. The Balaban J connectivity index is 1.61. The van der Waals surface area contributed by atoms with Crippen molar-refractivity contribution in [2.75, 3.05) is 31.3 Å². The van der Waals surface area contributed by atoms with Crippen LogP contribution in [0.25, 0.3) is 0 Å². The largest absolute Gasteiger partial charge is 0.494 e. The molecule has 3 rings (SSSR count). The highest BCUT2D eigenvalue weighted by molar-refractivity contribution is 6.02. The van der Waals surface area contributed by atoms with E-state index in [1.54, 1.807) is 30.0 Å². The van der Waals surface area contributed by atoms with Gasteiger partial charge in [0, 0.05) is 18.5 Å². The van der Waals surface area contributed by atoms with Crippen LogP contribution in [0.15, 0.2) is 42.5 Å². The molecule has 2 aromatic carbocycles. The molecule has 0 bridgehead atoms. The fraction of sp³-hybridized carbons (Fsp3) is 0.375. The Hall–Kier alpha value is -3.35. The Labute approximate surface area is 181 Å². The Bertz CT molecular complexity index is 938. The second-order valence-electron chi connectivity index (χ2n) is 7.26. The van der Waals surface area contributed by atoms with E-state index >= 15 is 0 Å². The summed E-state index contributed by atoms with van der Waals surface area (Å²) in [6.07, 6.45) is 0.705. The van der Waals surface area contributed by atoms with Gasteiger partial charge in [0.05, 0.1) is 25.3 Å². The van der Waals surface area contributed by atoms with Gasteiger partial charge < -0.3 is 19.1 Å². The molecule has 0 spiro atoms. The van der Waals surface area contributed by atoms with E-state index in [9.17, 15) is 14.4 Å². The zero-order chi connectivity index (χ0) is 22.2. The van der Waals surface area contributed by atoms with E-state index in [0.717, 1.165) is 11.3 Å². The van der Waals surface area contributed by atoms with E-state index in [4.69, 9.17) is 14.2 Å². The van der Waals surface area contributed by atoms with Gasteiger partial charge in [-0.3, -0.25) is 14.4 Å². The third-order valence-corrected chi connectivity index (χ3v) is 4.90. The van der Waals surface area contributed by atoms with Crippen molar-refractivity contribution < 1.29 is 28.6 Å². The monoisotopic (exact) mass is 425 g/mol. The van der Waals surface area contributed by atoms with Gasteiger partial charge in [0.1, 0.15) is 11.5 Å². The summed E-state index contributed by atoms with van der Waals surface area (Å²) in [5, 5.41) is 0. The number of nitrogens with zero attached hydrogens (tertiary/aromatic N) is 1. The fourth-order valence-electron chi connectivity index (χ4n) is 3.26. The van der Waals surface area contributed by atoms with E-state index in [1.165, 1.54) is 0 Å². The zero-order valence-corrected chi connectivity index (χ0v) is 17.9. The van der Waals surface area contributed by atoms with Crippen LogP contribution in [0.1, 0.15) is 42.1 Å². The zero-order valence-electron chi connectivity index (χ0n) is 17.9. The lowest BCUT2D eigenvalue weighted by molar-refractivity contribution is -0.143. The topological polar surface area (TPSA) is 82.1 Å². The molecule has 0 fully saturated rings. The van der Waals surface area contributed by atoms with Crippen LogP contribution in [0.2, 0.25) is 0 Å². The number of ketones is 1. The molecule has 0 unspecified atom stereocenters. The summed E-state index contributed by atoms with van der Waals surface area (Å²) in [7, 11) is 0. The number of benzene rings is 2. The van der Waals surface area contributed by atoms with Crippen LogP contribution < -0.4 is 14.4 Å². The minimum Gasteiger partial charge on any atom is -0.494 e. The summed E-state index contributed by atoms with van der Waals surface area (Å²) < 4.78 is 16.1. The average Bonchev–Trinajstić information content (AvgIpc) is 2.77. The molecule has 7 heteroatoms. The Morgan fingerprint density at radius 1 is 1.10 bits per heavy atom. The van der Waals surface area contributed by atoms with Gasteiger partial charge in [-0.1, -0.05) is 17.7 Å². The molecule has 1 heterocycles. The second-order valence-corrected chi connectivity index (χ2v) is 7.26. The van der Waals surface area contributed by atoms with Crippen LogP contribution in [0.3, 0.4) is 0 Å². The van der Waals surface area contributed by atoms with Crippen molar-refractivity contribution in [1.82, 2.24) is 0 Å². The summed E-state index contributed by atoms with van der Waals surface area (Å²) >= 11 is 0. The molecule has 0 saturated carbocycles. The maximum atomic E-state index is 12.5. The van der Waals surface area contributed by atoms with Gasteiger partial charge >= 0.3 is 5.97 Å². The van der Waals surface area contributed by atoms with E-state index in [0.29, 0.717) is 36.6 Å². The summed E-state index contributed by atoms with van der Waals surface area (Å²) in [5.41, 5.74) is 2.16. The molecular formula is C24H27NO6. The molecular weight excluding hydrogens is 398 g/mol. The van der Waals surface area contributed by atoms with E-state index < -0.39 is 5.97 Å². The number of anilines is 1. The molecule has 0 aliphatic carbocycles. The number of fused-ring (bicyclic) bond motifs is 1. The molecule has 0 saturated heterocycles. The SMILES string of the molecule is CCOC(=O)CCC(=O)c1ccc2c(c1)N(CCCOc1ccc(C)cc1)C(=O)CO2. The van der Waals surface area contributed by atoms with E-state index in [2.05, 4.69) is 0 Å². The molecule has 7 nitrogen and oxygen atoms in total. The lowest BCUT2D eigenvalue weighted by Gasteiger charge is -2.29. The van der Waals surface area contributed by atoms with Crippen LogP contribution in [0.4, 0.5) is 5.69 Å². The van der Waals surface area contributed by atoms with Crippen molar-refractivity contribution in [3.05, 3.63) is 53.6 Å². The number of carbonyl (C=O) groups is 3. The lowest BCUT2D eigenvalue weighted by atomic mass is 10.0. The minimum absolute atomic E-state index is 0.0270.